The molecule has 0 aliphatic carbocycles. The second kappa shape index (κ2) is 9.03. The topological polar surface area (TPSA) is 89.1 Å². The highest BCUT2D eigenvalue weighted by molar-refractivity contribution is 7.99. The Bertz CT molecular complexity index is 922. The van der Waals surface area contributed by atoms with Gasteiger partial charge in [0.1, 0.15) is 5.76 Å². The van der Waals surface area contributed by atoms with Crippen molar-refractivity contribution in [2.75, 3.05) is 25.2 Å². The van der Waals surface area contributed by atoms with Gasteiger partial charge in [-0.15, -0.1) is 10.2 Å². The van der Waals surface area contributed by atoms with Gasteiger partial charge < -0.3 is 14.4 Å². The van der Waals surface area contributed by atoms with Gasteiger partial charge in [0.2, 0.25) is 5.91 Å². The van der Waals surface area contributed by atoms with E-state index in [9.17, 15) is 4.79 Å². The van der Waals surface area contributed by atoms with Crippen LogP contribution in [-0.4, -0.2) is 50.6 Å². The third-order valence-electron chi connectivity index (χ3n) is 4.31. The molecule has 8 nitrogen and oxygen atoms in total. The molecule has 0 aliphatic rings. The molecule has 1 N–H and O–H groups in total. The number of aryl methyl sites for hydroxylation is 1. The highest BCUT2D eigenvalue weighted by Gasteiger charge is 2.20. The van der Waals surface area contributed by atoms with Gasteiger partial charge in [-0.2, -0.15) is 0 Å². The van der Waals surface area contributed by atoms with Crippen molar-refractivity contribution in [3.8, 4) is 0 Å². The molecule has 9 heteroatoms. The van der Waals surface area contributed by atoms with E-state index in [1.165, 1.54) is 11.8 Å². The number of aromatic nitrogens is 4. The van der Waals surface area contributed by atoms with Crippen LogP contribution >= 0.6 is 11.8 Å². The fraction of sp³-hybridized carbons (Fsp3) is 0.368. The third-order valence-corrected chi connectivity index (χ3v) is 5.27. The van der Waals surface area contributed by atoms with E-state index in [-0.39, 0.29) is 17.7 Å². The van der Waals surface area contributed by atoms with Crippen LogP contribution in [0.2, 0.25) is 0 Å². The van der Waals surface area contributed by atoms with Crippen molar-refractivity contribution in [2.24, 2.45) is 0 Å². The van der Waals surface area contributed by atoms with Crippen LogP contribution in [0.3, 0.4) is 0 Å². The number of carbonyl (C=O) groups excluding carboxylic acids is 1. The van der Waals surface area contributed by atoms with E-state index in [2.05, 4.69) is 49.2 Å². The zero-order valence-corrected chi connectivity index (χ0v) is 17.2. The van der Waals surface area contributed by atoms with E-state index in [1.54, 1.807) is 13.0 Å². The maximum atomic E-state index is 12.2. The van der Waals surface area contributed by atoms with Gasteiger partial charge in [0.25, 0.3) is 0 Å². The molecule has 0 fully saturated rings. The van der Waals surface area contributed by atoms with Crippen LogP contribution in [0, 0.1) is 6.92 Å². The number of benzene rings is 1. The minimum atomic E-state index is -0.172. The number of carbonyl (C=O) groups is 1. The Morgan fingerprint density at radius 3 is 2.68 bits per heavy atom. The summed E-state index contributed by atoms with van der Waals surface area (Å²) in [5, 5.41) is 15.9. The lowest BCUT2D eigenvalue weighted by molar-refractivity contribution is -0.113. The summed E-state index contributed by atoms with van der Waals surface area (Å²) in [7, 11) is 4.01. The summed E-state index contributed by atoms with van der Waals surface area (Å²) < 4.78 is 7.03. The summed E-state index contributed by atoms with van der Waals surface area (Å²) in [5.41, 5.74) is 1.15. The van der Waals surface area contributed by atoms with Crippen molar-refractivity contribution < 1.29 is 9.32 Å². The molecule has 148 valence electrons. The molecule has 0 spiro atoms. The highest BCUT2D eigenvalue weighted by atomic mass is 32.2. The summed E-state index contributed by atoms with van der Waals surface area (Å²) in [5.74, 6) is 1.96. The molecule has 0 saturated heterocycles. The molecule has 0 unspecified atom stereocenters. The third kappa shape index (κ3) is 4.99. The molecule has 1 atom stereocenters. The SMILES string of the molecule is Cc1cc(NC(=O)CSc2nnc([C@H](C)N(C)C)n2Cc2ccccc2)no1. The number of rotatable bonds is 8. The Kier molecular flexibility index (Phi) is 6.48. The number of hydrogen-bond acceptors (Lipinski definition) is 7. The number of nitrogens with one attached hydrogen (secondary N) is 1. The number of anilines is 1. The number of amides is 1. The van der Waals surface area contributed by atoms with Crippen molar-refractivity contribution in [3.63, 3.8) is 0 Å². The van der Waals surface area contributed by atoms with Gasteiger partial charge in [-0.05, 0) is 33.5 Å². The molecular weight excluding hydrogens is 376 g/mol. The normalized spacial score (nSPS) is 12.3. The monoisotopic (exact) mass is 400 g/mol. The van der Waals surface area contributed by atoms with Crippen molar-refractivity contribution >= 4 is 23.5 Å². The second-order valence-electron chi connectivity index (χ2n) is 6.71. The lowest BCUT2D eigenvalue weighted by Gasteiger charge is -2.20. The first kappa shape index (κ1) is 20.1. The smallest absolute Gasteiger partial charge is 0.236 e. The maximum Gasteiger partial charge on any atom is 0.236 e. The van der Waals surface area contributed by atoms with Crippen LogP contribution < -0.4 is 5.32 Å². The van der Waals surface area contributed by atoms with Crippen LogP contribution in [0.1, 0.15) is 30.1 Å². The zero-order valence-electron chi connectivity index (χ0n) is 16.4. The molecule has 3 rings (SSSR count). The molecule has 1 amide bonds. The Labute approximate surface area is 168 Å². The molecule has 3 aromatic rings. The number of thioether (sulfide) groups is 1. The second-order valence-corrected chi connectivity index (χ2v) is 7.65. The Hall–Kier alpha value is -2.65. The largest absolute Gasteiger partial charge is 0.360 e. The fourth-order valence-corrected chi connectivity index (χ4v) is 3.34. The molecule has 1 aromatic carbocycles. The minimum Gasteiger partial charge on any atom is -0.360 e. The van der Waals surface area contributed by atoms with Gasteiger partial charge in [0, 0.05) is 6.07 Å². The minimum absolute atomic E-state index is 0.0949. The van der Waals surface area contributed by atoms with Crippen molar-refractivity contribution in [2.45, 2.75) is 31.6 Å². The lowest BCUT2D eigenvalue weighted by atomic mass is 10.2. The first-order chi connectivity index (χ1) is 13.4. The Morgan fingerprint density at radius 2 is 2.04 bits per heavy atom. The van der Waals surface area contributed by atoms with Crippen LogP contribution in [0.5, 0.6) is 0 Å². The van der Waals surface area contributed by atoms with Crippen molar-refractivity contribution in [1.29, 1.82) is 0 Å². The number of nitrogens with zero attached hydrogens (tertiary/aromatic N) is 5. The Morgan fingerprint density at radius 1 is 1.29 bits per heavy atom. The highest BCUT2D eigenvalue weighted by Crippen LogP contribution is 2.24. The van der Waals surface area contributed by atoms with Gasteiger partial charge in [0.15, 0.2) is 16.8 Å². The molecule has 2 aromatic heterocycles. The summed E-state index contributed by atoms with van der Waals surface area (Å²) in [6, 6.07) is 11.9. The van der Waals surface area contributed by atoms with Crippen LogP contribution in [0.25, 0.3) is 0 Å². The van der Waals surface area contributed by atoms with Crippen LogP contribution in [0.4, 0.5) is 5.82 Å². The van der Waals surface area contributed by atoms with Crippen molar-refractivity contribution in [1.82, 2.24) is 24.8 Å². The predicted octanol–water partition coefficient (Wildman–Crippen LogP) is 2.98. The van der Waals surface area contributed by atoms with Gasteiger partial charge in [-0.1, -0.05) is 47.3 Å². The van der Waals surface area contributed by atoms with E-state index in [0.29, 0.717) is 23.3 Å². The Balaban J connectivity index is 1.74. The summed E-state index contributed by atoms with van der Waals surface area (Å²) in [6.07, 6.45) is 0. The molecule has 0 bridgehead atoms. The average Bonchev–Trinajstić information content (AvgIpc) is 3.26. The first-order valence-electron chi connectivity index (χ1n) is 8.93. The van der Waals surface area contributed by atoms with Gasteiger partial charge >= 0.3 is 0 Å². The van der Waals surface area contributed by atoms with E-state index < -0.39 is 0 Å². The van der Waals surface area contributed by atoms with Crippen LogP contribution in [0.15, 0.2) is 46.1 Å². The zero-order chi connectivity index (χ0) is 20.1. The van der Waals surface area contributed by atoms with Gasteiger partial charge in [-0.3, -0.25) is 9.69 Å². The lowest BCUT2D eigenvalue weighted by Crippen LogP contribution is -2.21. The van der Waals surface area contributed by atoms with Crippen LogP contribution in [-0.2, 0) is 11.3 Å². The molecule has 0 saturated carbocycles. The van der Waals surface area contributed by atoms with E-state index in [4.69, 9.17) is 4.52 Å². The van der Waals surface area contributed by atoms with E-state index in [0.717, 1.165) is 11.4 Å². The van der Waals surface area contributed by atoms with E-state index >= 15 is 0 Å². The predicted molar refractivity (Wildman–Crippen MR) is 108 cm³/mol. The summed E-state index contributed by atoms with van der Waals surface area (Å²) in [6.45, 7) is 4.50. The molecule has 2 heterocycles. The standard InChI is InChI=1S/C19H24N6O2S/c1-13-10-16(23-27-13)20-17(26)12-28-19-22-21-18(14(2)24(3)4)25(19)11-15-8-6-5-7-9-15/h5-10,14H,11-12H2,1-4H3,(H,20,23,26)/t14-/m0/s1. The quantitative estimate of drug-likeness (QED) is 0.582. The van der Waals surface area contributed by atoms with Gasteiger partial charge in [-0.25, -0.2) is 0 Å². The molecule has 28 heavy (non-hydrogen) atoms. The molecular formula is C19H24N6O2S. The summed E-state index contributed by atoms with van der Waals surface area (Å²) >= 11 is 1.35. The van der Waals surface area contributed by atoms with E-state index in [1.807, 2.05) is 32.3 Å². The first-order valence-corrected chi connectivity index (χ1v) is 9.92. The number of hydrogen-bond donors (Lipinski definition) is 1. The fourth-order valence-electron chi connectivity index (χ4n) is 2.60. The molecule has 0 radical (unpaired) electrons. The molecule has 0 aliphatic heterocycles. The summed E-state index contributed by atoms with van der Waals surface area (Å²) in [4.78, 5) is 14.3. The average molecular weight is 401 g/mol. The maximum absolute atomic E-state index is 12.2. The van der Waals surface area contributed by atoms with Crippen molar-refractivity contribution in [3.05, 3.63) is 53.5 Å². The van der Waals surface area contributed by atoms with Gasteiger partial charge in [0.05, 0.1) is 18.3 Å².